The number of hydrogen-bond donors (Lipinski definition) is 0. The second-order valence-corrected chi connectivity index (χ2v) is 49.8. The van der Waals surface area contributed by atoms with Gasteiger partial charge in [0.05, 0.1) is 48.4 Å². The highest BCUT2D eigenvalue weighted by Crippen LogP contribution is 2.36. The van der Waals surface area contributed by atoms with Crippen LogP contribution < -0.4 is 31.1 Å². The molecule has 0 N–H and O–H groups in total. The summed E-state index contributed by atoms with van der Waals surface area (Å²) in [4.78, 5) is 0. The van der Waals surface area contributed by atoms with Crippen LogP contribution in [0, 0.1) is 0 Å². The lowest BCUT2D eigenvalue weighted by atomic mass is 9.93. The molecule has 0 aliphatic carbocycles. The zero-order valence-corrected chi connectivity index (χ0v) is 40.3. The van der Waals surface area contributed by atoms with Crippen molar-refractivity contribution < 1.29 is 0 Å². The highest BCUT2D eigenvalue weighted by molar-refractivity contribution is 7.02. The molecule has 0 atom stereocenters. The average Bonchev–Trinajstić information content (AvgIpc) is 3.26. The second kappa shape index (κ2) is 12.9. The highest BCUT2D eigenvalue weighted by Gasteiger charge is 2.39. The van der Waals surface area contributed by atoms with Crippen molar-refractivity contribution in [1.82, 2.24) is 0 Å². The van der Waals surface area contributed by atoms with Crippen molar-refractivity contribution in [2.24, 2.45) is 0 Å². The fraction of sp³-hybridized carbons (Fsp3) is 0.467. The first-order valence-corrected chi connectivity index (χ1v) is 39.6. The Bertz CT molecular complexity index is 1760. The van der Waals surface area contributed by atoms with Crippen molar-refractivity contribution in [2.75, 3.05) is 0 Å². The van der Waals surface area contributed by atoms with E-state index in [-0.39, 0.29) is 0 Å². The Morgan fingerprint density at radius 1 is 0.255 bits per heavy atom. The monoisotopic (exact) mass is 774 g/mol. The molecule has 7 rings (SSSR count). The average molecular weight is 776 g/mol. The molecule has 4 aromatic carbocycles. The molecule has 0 saturated carbocycles. The standard InChI is InChI=1S/C45H66Si6/c1-46(2)22-13-25-49(7,8)43-31-34(16-19-40(43)46)37-28-38(35-17-20-41-44(32-35)50(9,10)26-14-23-47(41,3)4)30-39(29-37)36-18-21-42-45(33-36)51(11,12)27-15-24-48(42,5)6/h16-21,28-33H,13-15,22-27H2,1-12H3. The van der Waals surface area contributed by atoms with Crippen molar-refractivity contribution in [3.63, 3.8) is 0 Å². The van der Waals surface area contributed by atoms with E-state index in [1.54, 1.807) is 31.1 Å². The van der Waals surface area contributed by atoms with Gasteiger partial charge in [0, 0.05) is 0 Å². The minimum atomic E-state index is -1.52. The molecular formula is C45H66Si6. The molecule has 270 valence electrons. The zero-order valence-electron chi connectivity index (χ0n) is 34.3. The Morgan fingerprint density at radius 2 is 0.471 bits per heavy atom. The van der Waals surface area contributed by atoms with Crippen LogP contribution in [0.1, 0.15) is 19.3 Å². The first-order valence-electron chi connectivity index (χ1n) is 20.3. The quantitative estimate of drug-likeness (QED) is 0.182. The lowest BCUT2D eigenvalue weighted by Crippen LogP contribution is -2.56. The van der Waals surface area contributed by atoms with Crippen molar-refractivity contribution in [3.05, 3.63) is 72.8 Å². The van der Waals surface area contributed by atoms with Gasteiger partial charge < -0.3 is 0 Å². The van der Waals surface area contributed by atoms with Gasteiger partial charge in [-0.05, 0) is 51.6 Å². The molecular weight excluding hydrogens is 709 g/mol. The summed E-state index contributed by atoms with van der Waals surface area (Å²) in [5.41, 5.74) is 8.50. The van der Waals surface area contributed by atoms with E-state index in [9.17, 15) is 0 Å². The van der Waals surface area contributed by atoms with E-state index in [4.69, 9.17) is 0 Å². The zero-order chi connectivity index (χ0) is 36.8. The van der Waals surface area contributed by atoms with Gasteiger partial charge in [0.25, 0.3) is 0 Å². The third kappa shape index (κ3) is 7.00. The molecule has 3 aliphatic heterocycles. The normalized spacial score (nSPS) is 22.4. The van der Waals surface area contributed by atoms with Gasteiger partial charge >= 0.3 is 0 Å². The maximum absolute atomic E-state index is 2.69. The highest BCUT2D eigenvalue weighted by atomic mass is 28.3. The molecule has 0 bridgehead atoms. The van der Waals surface area contributed by atoms with Crippen LogP contribution in [-0.2, 0) is 0 Å². The maximum atomic E-state index is 2.69. The van der Waals surface area contributed by atoms with Crippen molar-refractivity contribution in [3.8, 4) is 33.4 Å². The maximum Gasteiger partial charge on any atom is 0.0805 e. The van der Waals surface area contributed by atoms with Gasteiger partial charge in [-0.15, -0.1) is 0 Å². The summed E-state index contributed by atoms with van der Waals surface area (Å²) in [7, 11) is -8.88. The topological polar surface area (TPSA) is 0 Å². The van der Waals surface area contributed by atoms with Crippen molar-refractivity contribution in [1.29, 1.82) is 0 Å². The molecule has 3 heterocycles. The molecule has 0 saturated heterocycles. The van der Waals surface area contributed by atoms with E-state index >= 15 is 0 Å². The summed E-state index contributed by atoms with van der Waals surface area (Å²) in [6.07, 6.45) is 4.24. The van der Waals surface area contributed by atoms with E-state index in [1.165, 1.54) is 88.9 Å². The predicted octanol–water partition coefficient (Wildman–Crippen LogP) is 10.4. The van der Waals surface area contributed by atoms with Crippen LogP contribution in [0.3, 0.4) is 0 Å². The van der Waals surface area contributed by atoms with E-state index in [2.05, 4.69) is 151 Å². The number of hydrogen-bond acceptors (Lipinski definition) is 0. The van der Waals surface area contributed by atoms with E-state index in [0.29, 0.717) is 0 Å². The molecule has 0 spiro atoms. The molecule has 0 aromatic heterocycles. The van der Waals surface area contributed by atoms with Crippen LogP contribution in [0.4, 0.5) is 0 Å². The first kappa shape index (κ1) is 37.5. The summed E-state index contributed by atoms with van der Waals surface area (Å²) in [5, 5.41) is 10.5. The molecule has 51 heavy (non-hydrogen) atoms. The smallest absolute Gasteiger partial charge is 0.0654 e. The Balaban J connectivity index is 1.45. The molecule has 0 fully saturated rings. The van der Waals surface area contributed by atoms with Gasteiger partial charge in [0.2, 0.25) is 0 Å². The number of rotatable bonds is 3. The summed E-state index contributed by atoms with van der Waals surface area (Å²) in [5.74, 6) is 0. The van der Waals surface area contributed by atoms with Gasteiger partial charge in [-0.2, -0.15) is 0 Å². The van der Waals surface area contributed by atoms with Crippen LogP contribution in [0.5, 0.6) is 0 Å². The Kier molecular flexibility index (Phi) is 9.48. The molecule has 6 heteroatoms. The predicted molar refractivity (Wildman–Crippen MR) is 248 cm³/mol. The fourth-order valence-electron chi connectivity index (χ4n) is 10.5. The molecule has 0 nitrogen and oxygen atoms in total. The summed E-state index contributed by atoms with van der Waals surface area (Å²) >= 11 is 0. The van der Waals surface area contributed by atoms with Crippen LogP contribution >= 0.6 is 0 Å². The van der Waals surface area contributed by atoms with Gasteiger partial charge in [-0.1, -0.05) is 220 Å². The minimum Gasteiger partial charge on any atom is -0.0654 e. The molecule has 0 unspecified atom stereocenters. The van der Waals surface area contributed by atoms with E-state index in [1.807, 2.05) is 0 Å². The molecule has 4 aromatic rings. The molecule has 0 amide bonds. The molecule has 0 radical (unpaired) electrons. The van der Waals surface area contributed by atoms with Crippen LogP contribution in [0.15, 0.2) is 72.8 Å². The van der Waals surface area contributed by atoms with Crippen molar-refractivity contribution in [2.45, 2.75) is 134 Å². The fourth-order valence-corrected chi connectivity index (χ4v) is 33.7. The number of fused-ring (bicyclic) bond motifs is 3. The lowest BCUT2D eigenvalue weighted by Gasteiger charge is -2.29. The summed E-state index contributed by atoms with van der Waals surface area (Å²) in [6.45, 7) is 31.6. The number of benzene rings is 4. The third-order valence-electron chi connectivity index (χ3n) is 14.2. The van der Waals surface area contributed by atoms with Gasteiger partial charge in [0.15, 0.2) is 0 Å². The Labute approximate surface area is 318 Å². The molecule has 3 aliphatic rings. The van der Waals surface area contributed by atoms with Gasteiger partial charge in [-0.3, -0.25) is 0 Å². The SMILES string of the molecule is C[Si]1(C)CCC[Si](C)(C)c2cc(-c3cc(-c4ccc5c(c4)[Si](C)(C)CCC[Si]5(C)C)cc(-c4ccc5c(c4)[Si](C)(C)CCC[Si]5(C)C)c3)ccc21. The van der Waals surface area contributed by atoms with E-state index < -0.39 is 48.4 Å². The van der Waals surface area contributed by atoms with Crippen LogP contribution in [0.25, 0.3) is 33.4 Å². The van der Waals surface area contributed by atoms with Crippen molar-refractivity contribution >= 4 is 79.6 Å². The summed E-state index contributed by atoms with van der Waals surface area (Å²) in [6, 6.07) is 39.6. The second-order valence-electron chi connectivity index (χ2n) is 20.9. The Morgan fingerprint density at radius 3 is 0.706 bits per heavy atom. The largest absolute Gasteiger partial charge is 0.0805 e. The minimum absolute atomic E-state index is 1.40. The van der Waals surface area contributed by atoms with Gasteiger partial charge in [0.1, 0.15) is 0 Å². The Hall–Kier alpha value is -1.82. The first-order chi connectivity index (χ1) is 23.7. The van der Waals surface area contributed by atoms with Gasteiger partial charge in [-0.25, -0.2) is 0 Å². The van der Waals surface area contributed by atoms with E-state index in [0.717, 1.165) is 0 Å². The third-order valence-corrected chi connectivity index (χ3v) is 35.8. The van der Waals surface area contributed by atoms with Crippen LogP contribution in [-0.4, -0.2) is 48.4 Å². The lowest BCUT2D eigenvalue weighted by molar-refractivity contribution is 1.03. The van der Waals surface area contributed by atoms with Crippen LogP contribution in [0.2, 0.25) is 115 Å². The summed E-state index contributed by atoms with van der Waals surface area (Å²) < 4.78 is 0.